The molecule has 3 aromatic rings. The van der Waals surface area contributed by atoms with E-state index in [-0.39, 0.29) is 0 Å². The first-order valence-electron chi connectivity index (χ1n) is 7.56. The zero-order chi connectivity index (χ0) is 15.1. The van der Waals surface area contributed by atoms with E-state index in [9.17, 15) is 0 Å². The van der Waals surface area contributed by atoms with Crippen LogP contribution in [-0.4, -0.2) is 26.4 Å². The molecule has 0 radical (unpaired) electrons. The highest BCUT2D eigenvalue weighted by molar-refractivity contribution is 7.71. The SMILES string of the molecule is Cc1cccc2c(CN3CCc4[nH]c(=S)ncc4C3)c[nH]c12. The van der Waals surface area contributed by atoms with Crippen molar-refractivity contribution in [3.63, 3.8) is 0 Å². The number of hydrogen-bond donors (Lipinski definition) is 2. The first-order valence-corrected chi connectivity index (χ1v) is 7.96. The molecule has 0 amide bonds. The van der Waals surface area contributed by atoms with Crippen molar-refractivity contribution in [2.24, 2.45) is 0 Å². The number of hydrogen-bond acceptors (Lipinski definition) is 3. The third-order valence-corrected chi connectivity index (χ3v) is 4.67. The average Bonchev–Trinajstić information content (AvgIpc) is 2.92. The van der Waals surface area contributed by atoms with Crippen LogP contribution < -0.4 is 0 Å². The number of para-hydroxylation sites is 1. The van der Waals surface area contributed by atoms with E-state index in [4.69, 9.17) is 12.2 Å². The molecular formula is C17H18N4S. The van der Waals surface area contributed by atoms with Crippen molar-refractivity contribution >= 4 is 23.1 Å². The monoisotopic (exact) mass is 310 g/mol. The summed E-state index contributed by atoms with van der Waals surface area (Å²) >= 11 is 5.10. The molecule has 4 rings (SSSR count). The van der Waals surface area contributed by atoms with Crippen LogP contribution in [0.5, 0.6) is 0 Å². The van der Waals surface area contributed by atoms with Gasteiger partial charge in [-0.1, -0.05) is 18.2 Å². The summed E-state index contributed by atoms with van der Waals surface area (Å²) in [6.07, 6.45) is 5.06. The lowest BCUT2D eigenvalue weighted by atomic mass is 10.1. The van der Waals surface area contributed by atoms with E-state index >= 15 is 0 Å². The molecule has 0 spiro atoms. The Kier molecular flexibility index (Phi) is 3.32. The fourth-order valence-electron chi connectivity index (χ4n) is 3.28. The molecule has 112 valence electrons. The molecule has 0 saturated heterocycles. The summed E-state index contributed by atoms with van der Waals surface area (Å²) in [6, 6.07) is 6.48. The summed E-state index contributed by atoms with van der Waals surface area (Å²) in [5.74, 6) is 0. The molecule has 1 aliphatic rings. The molecule has 1 aromatic carbocycles. The Morgan fingerprint density at radius 1 is 1.36 bits per heavy atom. The average molecular weight is 310 g/mol. The molecule has 0 unspecified atom stereocenters. The summed E-state index contributed by atoms with van der Waals surface area (Å²) in [5.41, 5.74) is 6.41. The van der Waals surface area contributed by atoms with Gasteiger partial charge in [-0.25, -0.2) is 4.98 Å². The molecule has 2 N–H and O–H groups in total. The second-order valence-corrected chi connectivity index (χ2v) is 6.35. The number of nitrogens with zero attached hydrogens (tertiary/aromatic N) is 2. The molecule has 0 saturated carbocycles. The van der Waals surface area contributed by atoms with Gasteiger partial charge in [0.15, 0.2) is 4.77 Å². The largest absolute Gasteiger partial charge is 0.361 e. The van der Waals surface area contributed by atoms with Gasteiger partial charge in [0.05, 0.1) is 0 Å². The molecule has 22 heavy (non-hydrogen) atoms. The minimum absolute atomic E-state index is 0.583. The fourth-order valence-corrected chi connectivity index (χ4v) is 3.45. The van der Waals surface area contributed by atoms with Crippen LogP contribution in [0.25, 0.3) is 10.9 Å². The van der Waals surface area contributed by atoms with Crippen molar-refractivity contribution in [1.29, 1.82) is 0 Å². The van der Waals surface area contributed by atoms with Crippen LogP contribution in [0.1, 0.15) is 22.4 Å². The highest BCUT2D eigenvalue weighted by Crippen LogP contribution is 2.24. The number of benzene rings is 1. The lowest BCUT2D eigenvalue weighted by Gasteiger charge is -2.27. The standard InChI is InChI=1S/C17H18N4S/c1-11-3-2-4-14-12(7-18-16(11)14)9-21-6-5-15-13(10-21)8-19-17(22)20-15/h2-4,7-8,18H,5-6,9-10H2,1H3,(H,19,20,22). The van der Waals surface area contributed by atoms with Gasteiger partial charge in [0, 0.05) is 60.6 Å². The van der Waals surface area contributed by atoms with Gasteiger partial charge in [-0.15, -0.1) is 0 Å². The molecule has 1 aliphatic heterocycles. The van der Waals surface area contributed by atoms with E-state index < -0.39 is 0 Å². The van der Waals surface area contributed by atoms with Gasteiger partial charge >= 0.3 is 0 Å². The first-order chi connectivity index (χ1) is 10.7. The van der Waals surface area contributed by atoms with Crippen LogP contribution in [0.4, 0.5) is 0 Å². The van der Waals surface area contributed by atoms with E-state index in [1.807, 2.05) is 6.20 Å². The first kappa shape index (κ1) is 13.7. The minimum Gasteiger partial charge on any atom is -0.361 e. The number of aryl methyl sites for hydroxylation is 1. The Hall–Kier alpha value is -1.98. The van der Waals surface area contributed by atoms with Gasteiger partial charge in [0.25, 0.3) is 0 Å². The topological polar surface area (TPSA) is 47.7 Å². The summed E-state index contributed by atoms with van der Waals surface area (Å²) in [4.78, 5) is 13.3. The van der Waals surface area contributed by atoms with Crippen molar-refractivity contribution in [1.82, 2.24) is 19.9 Å². The second-order valence-electron chi connectivity index (χ2n) is 5.96. The predicted molar refractivity (Wildman–Crippen MR) is 90.3 cm³/mol. The molecular weight excluding hydrogens is 292 g/mol. The van der Waals surface area contributed by atoms with Gasteiger partial charge in [0.2, 0.25) is 0 Å². The van der Waals surface area contributed by atoms with E-state index in [1.54, 1.807) is 0 Å². The smallest absolute Gasteiger partial charge is 0.196 e. The van der Waals surface area contributed by atoms with Crippen molar-refractivity contribution in [3.05, 3.63) is 57.7 Å². The summed E-state index contributed by atoms with van der Waals surface area (Å²) in [6.45, 7) is 5.07. The van der Waals surface area contributed by atoms with Gasteiger partial charge in [0.1, 0.15) is 0 Å². The predicted octanol–water partition coefficient (Wildman–Crippen LogP) is 3.49. The van der Waals surface area contributed by atoms with Gasteiger partial charge in [-0.3, -0.25) is 4.90 Å². The Morgan fingerprint density at radius 3 is 3.18 bits per heavy atom. The molecule has 5 heteroatoms. The van der Waals surface area contributed by atoms with Crippen LogP contribution in [0.3, 0.4) is 0 Å². The second kappa shape index (κ2) is 5.34. The minimum atomic E-state index is 0.583. The number of H-pyrrole nitrogens is 2. The maximum atomic E-state index is 5.10. The Morgan fingerprint density at radius 2 is 2.27 bits per heavy atom. The van der Waals surface area contributed by atoms with Gasteiger partial charge < -0.3 is 9.97 Å². The molecule has 4 nitrogen and oxygen atoms in total. The molecule has 0 fully saturated rings. The molecule has 0 aliphatic carbocycles. The van der Waals surface area contributed by atoms with Crippen LogP contribution in [0.15, 0.2) is 30.6 Å². The fraction of sp³-hybridized carbons (Fsp3) is 0.294. The Balaban J connectivity index is 1.60. The van der Waals surface area contributed by atoms with E-state index in [0.29, 0.717) is 4.77 Å². The van der Waals surface area contributed by atoms with Crippen molar-refractivity contribution < 1.29 is 0 Å². The highest BCUT2D eigenvalue weighted by Gasteiger charge is 2.18. The molecule has 2 aromatic heterocycles. The number of rotatable bonds is 2. The van der Waals surface area contributed by atoms with Crippen molar-refractivity contribution in [3.8, 4) is 0 Å². The third-order valence-electron chi connectivity index (χ3n) is 4.46. The van der Waals surface area contributed by atoms with Crippen LogP contribution in [-0.2, 0) is 19.5 Å². The van der Waals surface area contributed by atoms with Crippen molar-refractivity contribution in [2.45, 2.75) is 26.4 Å². The number of aromatic nitrogens is 3. The molecule has 3 heterocycles. The van der Waals surface area contributed by atoms with Gasteiger partial charge in [-0.2, -0.15) is 0 Å². The summed E-state index contributed by atoms with van der Waals surface area (Å²) in [5, 5.41) is 1.33. The normalized spacial score (nSPS) is 15.1. The van der Waals surface area contributed by atoms with Crippen LogP contribution in [0, 0.1) is 11.7 Å². The Labute approximate surface area is 134 Å². The number of aromatic amines is 2. The third kappa shape index (κ3) is 2.36. The van der Waals surface area contributed by atoms with E-state index in [1.165, 1.54) is 33.3 Å². The van der Waals surface area contributed by atoms with Crippen LogP contribution in [0.2, 0.25) is 0 Å². The lowest BCUT2D eigenvalue weighted by Crippen LogP contribution is -2.30. The molecule has 0 atom stereocenters. The van der Waals surface area contributed by atoms with Gasteiger partial charge in [-0.05, 0) is 30.3 Å². The Bertz CT molecular complexity index is 893. The molecule has 0 bridgehead atoms. The summed E-state index contributed by atoms with van der Waals surface area (Å²) < 4.78 is 0.583. The number of fused-ring (bicyclic) bond motifs is 2. The maximum Gasteiger partial charge on any atom is 0.196 e. The lowest BCUT2D eigenvalue weighted by molar-refractivity contribution is 0.243. The van der Waals surface area contributed by atoms with E-state index in [2.05, 4.69) is 51.2 Å². The highest BCUT2D eigenvalue weighted by atomic mass is 32.1. The van der Waals surface area contributed by atoms with Crippen molar-refractivity contribution in [2.75, 3.05) is 6.54 Å². The summed E-state index contributed by atoms with van der Waals surface area (Å²) in [7, 11) is 0. The maximum absolute atomic E-state index is 5.10. The quantitative estimate of drug-likeness (QED) is 0.712. The zero-order valence-electron chi connectivity index (χ0n) is 12.5. The van der Waals surface area contributed by atoms with E-state index in [0.717, 1.165) is 26.1 Å². The zero-order valence-corrected chi connectivity index (χ0v) is 13.3. The number of nitrogens with one attached hydrogen (secondary N) is 2. The van der Waals surface area contributed by atoms with Crippen LogP contribution >= 0.6 is 12.2 Å².